The number of nitrogens with zero attached hydrogens (tertiary/aromatic N) is 2. The molecule has 1 aromatic rings. The van der Waals surface area contributed by atoms with Crippen LogP contribution in [0.5, 0.6) is 0 Å². The summed E-state index contributed by atoms with van der Waals surface area (Å²) in [6.07, 6.45) is 3.61. The third-order valence-corrected chi connectivity index (χ3v) is 4.12. The van der Waals surface area contributed by atoms with E-state index in [0.717, 1.165) is 19.3 Å². The number of amides is 1. The Hall–Kier alpha value is -1.85. The quantitative estimate of drug-likeness (QED) is 0.917. The summed E-state index contributed by atoms with van der Waals surface area (Å²) in [6.45, 7) is 3.35. The first kappa shape index (κ1) is 14.6. The fourth-order valence-electron chi connectivity index (χ4n) is 2.91. The molecule has 1 aliphatic rings. The summed E-state index contributed by atoms with van der Waals surface area (Å²) in [5.41, 5.74) is -0.627. The number of hydrogen-bond donors (Lipinski definition) is 1. The smallest absolute Gasteiger partial charge is 0.329 e. The molecule has 6 nitrogen and oxygen atoms in total. The van der Waals surface area contributed by atoms with Gasteiger partial charge in [-0.05, 0) is 19.8 Å². The zero-order valence-corrected chi connectivity index (χ0v) is 12.1. The van der Waals surface area contributed by atoms with Gasteiger partial charge in [0.2, 0.25) is 5.76 Å². The third kappa shape index (κ3) is 2.30. The predicted molar refractivity (Wildman–Crippen MR) is 71.5 cm³/mol. The topological polar surface area (TPSA) is 83.6 Å². The van der Waals surface area contributed by atoms with Gasteiger partial charge in [-0.25, -0.2) is 9.78 Å². The Bertz CT molecular complexity index is 529. The molecule has 20 heavy (non-hydrogen) atoms. The highest BCUT2D eigenvalue weighted by molar-refractivity contribution is 5.96. The molecule has 1 N–H and O–H groups in total. The molecule has 1 heterocycles. The zero-order chi connectivity index (χ0) is 14.9. The van der Waals surface area contributed by atoms with Gasteiger partial charge >= 0.3 is 5.97 Å². The van der Waals surface area contributed by atoms with E-state index in [0.29, 0.717) is 24.4 Å². The van der Waals surface area contributed by atoms with Gasteiger partial charge in [-0.15, -0.1) is 0 Å². The van der Waals surface area contributed by atoms with E-state index in [1.165, 1.54) is 4.90 Å². The number of likely N-dealkylation sites (N-methyl/N-ethyl adjacent to an activating group) is 1. The van der Waals surface area contributed by atoms with E-state index in [1.54, 1.807) is 20.9 Å². The first-order valence-electron chi connectivity index (χ1n) is 6.84. The molecule has 1 fully saturated rings. The Kier molecular flexibility index (Phi) is 3.83. The number of rotatable bonds is 3. The molecule has 6 heteroatoms. The van der Waals surface area contributed by atoms with Crippen molar-refractivity contribution >= 4 is 11.9 Å². The van der Waals surface area contributed by atoms with E-state index in [1.807, 2.05) is 0 Å². The zero-order valence-electron chi connectivity index (χ0n) is 12.1. The molecule has 1 amide bonds. The summed E-state index contributed by atoms with van der Waals surface area (Å²) in [7, 11) is 1.54. The van der Waals surface area contributed by atoms with E-state index in [2.05, 4.69) is 4.98 Å². The van der Waals surface area contributed by atoms with Gasteiger partial charge < -0.3 is 14.4 Å². The number of oxazole rings is 1. The van der Waals surface area contributed by atoms with Gasteiger partial charge in [0.1, 0.15) is 5.54 Å². The van der Waals surface area contributed by atoms with Gasteiger partial charge in [0.15, 0.2) is 5.89 Å². The largest absolute Gasteiger partial charge is 0.479 e. The van der Waals surface area contributed by atoms with Crippen LogP contribution in [-0.2, 0) is 4.79 Å². The number of carboxylic acid groups (broad SMARTS) is 1. The van der Waals surface area contributed by atoms with Gasteiger partial charge in [-0.1, -0.05) is 19.3 Å². The van der Waals surface area contributed by atoms with Crippen molar-refractivity contribution in [2.75, 3.05) is 7.05 Å². The molecule has 0 aliphatic heterocycles. The number of aromatic nitrogens is 1. The Morgan fingerprint density at radius 3 is 2.30 bits per heavy atom. The van der Waals surface area contributed by atoms with Gasteiger partial charge in [0.05, 0.1) is 5.69 Å². The second-order valence-corrected chi connectivity index (χ2v) is 5.41. The van der Waals surface area contributed by atoms with Gasteiger partial charge in [-0.3, -0.25) is 4.79 Å². The summed E-state index contributed by atoms with van der Waals surface area (Å²) in [5, 5.41) is 9.59. The lowest BCUT2D eigenvalue weighted by Gasteiger charge is -2.40. The first-order chi connectivity index (χ1) is 9.38. The Morgan fingerprint density at radius 1 is 1.25 bits per heavy atom. The second kappa shape index (κ2) is 5.26. The number of aliphatic carboxylic acids is 1. The number of carbonyl (C=O) groups is 2. The highest BCUT2D eigenvalue weighted by Crippen LogP contribution is 2.34. The Morgan fingerprint density at radius 2 is 1.85 bits per heavy atom. The monoisotopic (exact) mass is 280 g/mol. The van der Waals surface area contributed by atoms with Crippen LogP contribution in [0.3, 0.4) is 0 Å². The molecule has 110 valence electrons. The van der Waals surface area contributed by atoms with Crippen LogP contribution in [0.1, 0.15) is 54.2 Å². The minimum absolute atomic E-state index is 0.135. The van der Waals surface area contributed by atoms with E-state index < -0.39 is 17.4 Å². The fraction of sp³-hybridized carbons (Fsp3) is 0.643. The number of aryl methyl sites for hydroxylation is 2. The summed E-state index contributed by atoms with van der Waals surface area (Å²) in [4.78, 5) is 29.6. The summed E-state index contributed by atoms with van der Waals surface area (Å²) in [5.74, 6) is -0.808. The van der Waals surface area contributed by atoms with E-state index in [9.17, 15) is 14.7 Å². The average Bonchev–Trinajstić information content (AvgIpc) is 2.76. The molecule has 0 atom stereocenters. The van der Waals surface area contributed by atoms with Gasteiger partial charge in [0.25, 0.3) is 5.91 Å². The molecular weight excluding hydrogens is 260 g/mol. The minimum atomic E-state index is -1.12. The lowest BCUT2D eigenvalue weighted by Crippen LogP contribution is -2.56. The van der Waals surface area contributed by atoms with Crippen LogP contribution < -0.4 is 0 Å². The van der Waals surface area contributed by atoms with Crippen molar-refractivity contribution in [1.82, 2.24) is 9.88 Å². The molecule has 1 aromatic heterocycles. The van der Waals surface area contributed by atoms with Gasteiger partial charge in [0, 0.05) is 14.0 Å². The van der Waals surface area contributed by atoms with Crippen LogP contribution in [0, 0.1) is 13.8 Å². The molecule has 1 saturated carbocycles. The Labute approximate surface area is 117 Å². The van der Waals surface area contributed by atoms with Crippen molar-refractivity contribution in [3.63, 3.8) is 0 Å². The maximum Gasteiger partial charge on any atom is 0.329 e. The van der Waals surface area contributed by atoms with Crippen LogP contribution >= 0.6 is 0 Å². The highest BCUT2D eigenvalue weighted by atomic mass is 16.4. The standard InChI is InChI=1S/C14H20N2O4/c1-9-11(20-10(2)15-9)12(17)16(3)14(13(18)19)7-5-4-6-8-14/h4-8H2,1-3H3,(H,18,19). The van der Waals surface area contributed by atoms with Crippen LogP contribution in [0.15, 0.2) is 4.42 Å². The van der Waals surface area contributed by atoms with Crippen LogP contribution in [0.25, 0.3) is 0 Å². The highest BCUT2D eigenvalue weighted by Gasteiger charge is 2.46. The van der Waals surface area contributed by atoms with E-state index in [4.69, 9.17) is 4.42 Å². The summed E-state index contributed by atoms with van der Waals surface area (Å²) in [6, 6.07) is 0. The predicted octanol–water partition coefficient (Wildman–Crippen LogP) is 2.15. The number of hydrogen-bond acceptors (Lipinski definition) is 4. The van der Waals surface area contributed by atoms with Crippen LogP contribution in [-0.4, -0.2) is 39.5 Å². The van der Waals surface area contributed by atoms with Crippen molar-refractivity contribution in [3.8, 4) is 0 Å². The third-order valence-electron chi connectivity index (χ3n) is 4.12. The van der Waals surface area contributed by atoms with Crippen LogP contribution in [0.4, 0.5) is 0 Å². The molecule has 1 aliphatic carbocycles. The Balaban J connectivity index is 2.32. The summed E-state index contributed by atoms with van der Waals surface area (Å²) < 4.78 is 5.32. The average molecular weight is 280 g/mol. The lowest BCUT2D eigenvalue weighted by molar-refractivity contribution is -0.151. The second-order valence-electron chi connectivity index (χ2n) is 5.41. The van der Waals surface area contributed by atoms with Crippen molar-refractivity contribution < 1.29 is 19.1 Å². The van der Waals surface area contributed by atoms with Crippen molar-refractivity contribution in [2.45, 2.75) is 51.5 Å². The molecule has 0 spiro atoms. The van der Waals surface area contributed by atoms with Gasteiger partial charge in [-0.2, -0.15) is 0 Å². The van der Waals surface area contributed by atoms with E-state index in [-0.39, 0.29) is 5.76 Å². The van der Waals surface area contributed by atoms with Crippen molar-refractivity contribution in [3.05, 3.63) is 17.3 Å². The minimum Gasteiger partial charge on any atom is -0.479 e. The molecule has 0 bridgehead atoms. The molecule has 0 radical (unpaired) electrons. The molecular formula is C14H20N2O4. The SMILES string of the molecule is Cc1nc(C)c(C(=O)N(C)C2(C(=O)O)CCCCC2)o1. The summed E-state index contributed by atoms with van der Waals surface area (Å²) >= 11 is 0. The van der Waals surface area contributed by atoms with Crippen molar-refractivity contribution in [1.29, 1.82) is 0 Å². The lowest BCUT2D eigenvalue weighted by atomic mass is 9.80. The van der Waals surface area contributed by atoms with Crippen molar-refractivity contribution in [2.24, 2.45) is 0 Å². The first-order valence-corrected chi connectivity index (χ1v) is 6.84. The maximum absolute atomic E-state index is 12.5. The fourth-order valence-corrected chi connectivity index (χ4v) is 2.91. The number of carboxylic acids is 1. The molecule has 0 aromatic carbocycles. The maximum atomic E-state index is 12.5. The normalized spacial score (nSPS) is 17.8. The molecule has 0 saturated heterocycles. The number of carbonyl (C=O) groups excluding carboxylic acids is 1. The van der Waals surface area contributed by atoms with Crippen LogP contribution in [0.2, 0.25) is 0 Å². The molecule has 0 unspecified atom stereocenters. The van der Waals surface area contributed by atoms with E-state index >= 15 is 0 Å². The molecule has 2 rings (SSSR count).